The van der Waals surface area contributed by atoms with E-state index in [1.807, 2.05) is 45.0 Å². The molecule has 1 amide bonds. The molecule has 1 saturated heterocycles. The first-order valence-electron chi connectivity index (χ1n) is 12.0. The minimum Gasteiger partial charge on any atom is -0.507 e. The Morgan fingerprint density at radius 3 is 2.35 bits per heavy atom. The van der Waals surface area contributed by atoms with Gasteiger partial charge in [-0.3, -0.25) is 9.59 Å². The molecule has 34 heavy (non-hydrogen) atoms. The number of unbranched alkanes of at least 4 members (excludes halogenated alkanes) is 2. The molecule has 182 valence electrons. The van der Waals surface area contributed by atoms with Gasteiger partial charge in [-0.15, -0.1) is 0 Å². The molecular weight excluding hydrogens is 430 g/mol. The van der Waals surface area contributed by atoms with Gasteiger partial charge in [0.2, 0.25) is 0 Å². The van der Waals surface area contributed by atoms with Crippen molar-refractivity contribution in [3.05, 3.63) is 64.7 Å². The van der Waals surface area contributed by atoms with Crippen LogP contribution in [0.4, 0.5) is 0 Å². The van der Waals surface area contributed by atoms with Gasteiger partial charge in [0.25, 0.3) is 11.7 Å². The highest BCUT2D eigenvalue weighted by atomic mass is 16.5. The fraction of sp³-hybridized carbons (Fsp3) is 0.429. The molecule has 1 unspecified atom stereocenters. The maximum atomic E-state index is 13.2. The summed E-state index contributed by atoms with van der Waals surface area (Å²) in [7, 11) is 1.59. The van der Waals surface area contributed by atoms with Crippen molar-refractivity contribution in [1.29, 1.82) is 0 Å². The Kier molecular flexibility index (Phi) is 8.37. The Hall–Kier alpha value is -3.28. The zero-order valence-electron chi connectivity index (χ0n) is 20.8. The van der Waals surface area contributed by atoms with Gasteiger partial charge in [0.05, 0.1) is 25.3 Å². The molecule has 2 aromatic rings. The molecule has 3 rings (SSSR count). The van der Waals surface area contributed by atoms with E-state index in [0.29, 0.717) is 24.5 Å². The normalized spacial score (nSPS) is 17.5. The first-order valence-corrected chi connectivity index (χ1v) is 12.0. The molecule has 0 aromatic heterocycles. The third kappa shape index (κ3) is 5.11. The number of ether oxygens (including phenoxy) is 2. The molecule has 1 fully saturated rings. The largest absolute Gasteiger partial charge is 0.507 e. The average Bonchev–Trinajstić information content (AvgIpc) is 3.09. The Labute approximate surface area is 202 Å². The molecule has 0 spiro atoms. The molecule has 1 heterocycles. The number of aliphatic hydroxyl groups is 1. The van der Waals surface area contributed by atoms with Gasteiger partial charge >= 0.3 is 0 Å². The highest BCUT2D eigenvalue weighted by Gasteiger charge is 2.45. The van der Waals surface area contributed by atoms with Crippen molar-refractivity contribution in [3.63, 3.8) is 0 Å². The summed E-state index contributed by atoms with van der Waals surface area (Å²) in [6.07, 6.45) is 2.74. The van der Waals surface area contributed by atoms with Gasteiger partial charge in [0, 0.05) is 12.1 Å². The van der Waals surface area contributed by atoms with Crippen LogP contribution in [0.3, 0.4) is 0 Å². The minimum absolute atomic E-state index is 0.116. The van der Waals surface area contributed by atoms with Gasteiger partial charge in [-0.05, 0) is 60.7 Å². The zero-order valence-corrected chi connectivity index (χ0v) is 20.8. The van der Waals surface area contributed by atoms with Crippen LogP contribution < -0.4 is 9.47 Å². The van der Waals surface area contributed by atoms with E-state index in [2.05, 4.69) is 6.92 Å². The topological polar surface area (TPSA) is 76.1 Å². The highest BCUT2D eigenvalue weighted by molar-refractivity contribution is 6.46. The molecule has 6 heteroatoms. The van der Waals surface area contributed by atoms with E-state index in [9.17, 15) is 14.7 Å². The van der Waals surface area contributed by atoms with Crippen LogP contribution in [-0.4, -0.2) is 42.0 Å². The Bertz CT molecular complexity index is 1050. The van der Waals surface area contributed by atoms with Crippen molar-refractivity contribution in [3.8, 4) is 11.5 Å². The molecule has 1 aliphatic heterocycles. The van der Waals surface area contributed by atoms with Crippen molar-refractivity contribution in [2.45, 2.75) is 58.9 Å². The smallest absolute Gasteiger partial charge is 0.295 e. The summed E-state index contributed by atoms with van der Waals surface area (Å²) in [6.45, 7) is 9.09. The number of nitrogens with zero attached hydrogens (tertiary/aromatic N) is 1. The van der Waals surface area contributed by atoms with Crippen LogP contribution in [0.1, 0.15) is 75.6 Å². The number of rotatable bonds is 10. The zero-order chi connectivity index (χ0) is 24.8. The number of aliphatic hydroxyl groups excluding tert-OH is 1. The molecule has 1 atom stereocenters. The van der Waals surface area contributed by atoms with Gasteiger partial charge in [0.15, 0.2) is 0 Å². The van der Waals surface area contributed by atoms with Gasteiger partial charge in [-0.25, -0.2) is 0 Å². The maximum absolute atomic E-state index is 13.2. The molecule has 0 radical (unpaired) electrons. The number of hydrogen-bond donors (Lipinski definition) is 1. The third-order valence-corrected chi connectivity index (χ3v) is 6.18. The van der Waals surface area contributed by atoms with Crippen LogP contribution in [0.25, 0.3) is 5.76 Å². The van der Waals surface area contributed by atoms with Crippen molar-refractivity contribution in [2.24, 2.45) is 0 Å². The van der Waals surface area contributed by atoms with Crippen LogP contribution in [-0.2, 0) is 9.59 Å². The standard InChI is InChI=1S/C28H35NO5/c1-6-8-9-16-29-25(19-10-13-21(33-5)14-11-19)24(27(31)28(29)32)26(30)20-12-15-23(34-7-2)22(17-20)18(3)4/h10-15,17-18,25,30H,6-9,16H2,1-5H3/b26-24-. The van der Waals surface area contributed by atoms with E-state index in [1.54, 1.807) is 30.2 Å². The second kappa shape index (κ2) is 11.2. The molecular formula is C28H35NO5. The molecule has 0 aliphatic carbocycles. The number of carbonyl (C=O) groups excluding carboxylic acids is 2. The monoisotopic (exact) mass is 465 g/mol. The summed E-state index contributed by atoms with van der Waals surface area (Å²) in [5, 5.41) is 11.4. The Balaban J connectivity index is 2.14. The van der Waals surface area contributed by atoms with Gasteiger partial charge in [-0.1, -0.05) is 45.7 Å². The van der Waals surface area contributed by atoms with Crippen molar-refractivity contribution < 1.29 is 24.2 Å². The lowest BCUT2D eigenvalue weighted by Crippen LogP contribution is -2.30. The van der Waals surface area contributed by atoms with Gasteiger partial charge in [0.1, 0.15) is 17.3 Å². The molecule has 2 aromatic carbocycles. The fourth-order valence-electron chi connectivity index (χ4n) is 4.36. The van der Waals surface area contributed by atoms with E-state index in [0.717, 1.165) is 36.1 Å². The molecule has 1 N–H and O–H groups in total. The lowest BCUT2D eigenvalue weighted by Gasteiger charge is -2.25. The summed E-state index contributed by atoms with van der Waals surface area (Å²) >= 11 is 0. The molecule has 6 nitrogen and oxygen atoms in total. The van der Waals surface area contributed by atoms with Crippen LogP contribution in [0.2, 0.25) is 0 Å². The summed E-state index contributed by atoms with van der Waals surface area (Å²) in [5.74, 6) is 0.189. The van der Waals surface area contributed by atoms with E-state index >= 15 is 0 Å². The summed E-state index contributed by atoms with van der Waals surface area (Å²) < 4.78 is 11.0. The number of likely N-dealkylation sites (tertiary alicyclic amines) is 1. The predicted octanol–water partition coefficient (Wildman–Crippen LogP) is 5.83. The van der Waals surface area contributed by atoms with E-state index in [1.165, 1.54) is 0 Å². The second-order valence-corrected chi connectivity index (χ2v) is 8.81. The van der Waals surface area contributed by atoms with Crippen LogP contribution in [0.5, 0.6) is 11.5 Å². The lowest BCUT2D eigenvalue weighted by molar-refractivity contribution is -0.139. The summed E-state index contributed by atoms with van der Waals surface area (Å²) in [4.78, 5) is 27.8. The number of Topliss-reactive ketones (excluding diaryl/α,β-unsaturated/α-hetero) is 1. The summed E-state index contributed by atoms with van der Waals surface area (Å²) in [6, 6.07) is 12.0. The molecule has 0 saturated carbocycles. The van der Waals surface area contributed by atoms with Crippen LogP contribution in [0, 0.1) is 0 Å². The number of benzene rings is 2. The number of hydrogen-bond acceptors (Lipinski definition) is 5. The quantitative estimate of drug-likeness (QED) is 0.207. The van der Waals surface area contributed by atoms with Crippen molar-refractivity contribution in [2.75, 3.05) is 20.3 Å². The highest BCUT2D eigenvalue weighted by Crippen LogP contribution is 2.41. The average molecular weight is 466 g/mol. The van der Waals surface area contributed by atoms with Crippen molar-refractivity contribution >= 4 is 17.4 Å². The van der Waals surface area contributed by atoms with E-state index < -0.39 is 17.7 Å². The van der Waals surface area contributed by atoms with Gasteiger partial charge < -0.3 is 19.5 Å². The van der Waals surface area contributed by atoms with Gasteiger partial charge in [-0.2, -0.15) is 0 Å². The van der Waals surface area contributed by atoms with Crippen LogP contribution in [0.15, 0.2) is 48.0 Å². The predicted molar refractivity (Wildman–Crippen MR) is 133 cm³/mol. The lowest BCUT2D eigenvalue weighted by atomic mass is 9.93. The molecule has 0 bridgehead atoms. The fourth-order valence-corrected chi connectivity index (χ4v) is 4.36. The number of ketones is 1. The SMILES string of the molecule is CCCCCN1C(=O)C(=O)/C(=C(\O)c2ccc(OCC)c(C(C)C)c2)C1c1ccc(OC)cc1. The van der Waals surface area contributed by atoms with E-state index in [4.69, 9.17) is 9.47 Å². The molecule has 1 aliphatic rings. The Morgan fingerprint density at radius 2 is 1.76 bits per heavy atom. The third-order valence-electron chi connectivity index (χ3n) is 6.18. The first-order chi connectivity index (χ1) is 16.3. The summed E-state index contributed by atoms with van der Waals surface area (Å²) in [5.41, 5.74) is 2.31. The second-order valence-electron chi connectivity index (χ2n) is 8.81. The number of carbonyl (C=O) groups is 2. The minimum atomic E-state index is -0.658. The maximum Gasteiger partial charge on any atom is 0.295 e. The number of methoxy groups -OCH3 is 1. The first kappa shape index (κ1) is 25.3. The van der Waals surface area contributed by atoms with E-state index in [-0.39, 0.29) is 17.3 Å². The van der Waals surface area contributed by atoms with Crippen LogP contribution >= 0.6 is 0 Å². The van der Waals surface area contributed by atoms with Crippen molar-refractivity contribution in [1.82, 2.24) is 4.90 Å². The Morgan fingerprint density at radius 1 is 1.06 bits per heavy atom. The number of amides is 1.